The number of halogens is 1. The normalized spacial score (nSPS) is 13.3. The molecule has 2 aromatic carbocycles. The number of benzene rings is 2. The Morgan fingerprint density at radius 2 is 1.70 bits per heavy atom. The van der Waals surface area contributed by atoms with Crippen molar-refractivity contribution in [3.05, 3.63) is 95.4 Å². The van der Waals surface area contributed by atoms with E-state index < -0.39 is 5.69 Å². The van der Waals surface area contributed by atoms with Crippen LogP contribution in [-0.2, 0) is 25.8 Å². The summed E-state index contributed by atoms with van der Waals surface area (Å²) in [7, 11) is 0. The molecule has 0 bridgehead atoms. The van der Waals surface area contributed by atoms with E-state index in [9.17, 15) is 14.4 Å². The lowest BCUT2D eigenvalue weighted by atomic mass is 9.97. The van der Waals surface area contributed by atoms with Crippen molar-refractivity contribution in [2.75, 3.05) is 0 Å². The van der Waals surface area contributed by atoms with Crippen molar-refractivity contribution in [1.82, 2.24) is 9.13 Å². The van der Waals surface area contributed by atoms with Crippen molar-refractivity contribution in [2.45, 2.75) is 45.6 Å². The summed E-state index contributed by atoms with van der Waals surface area (Å²) in [5.41, 5.74) is 2.49. The van der Waals surface area contributed by atoms with Crippen molar-refractivity contribution in [2.24, 2.45) is 0 Å². The van der Waals surface area contributed by atoms with E-state index in [0.717, 1.165) is 52.6 Å². The van der Waals surface area contributed by atoms with Crippen molar-refractivity contribution in [1.29, 1.82) is 0 Å². The number of rotatable bonds is 5. The Kier molecular flexibility index (Phi) is 5.93. The van der Waals surface area contributed by atoms with E-state index >= 15 is 0 Å². The predicted octanol–water partition coefficient (Wildman–Crippen LogP) is 5.30. The van der Waals surface area contributed by atoms with E-state index in [1.165, 1.54) is 20.5 Å². The predicted molar refractivity (Wildman–Crippen MR) is 136 cm³/mol. The van der Waals surface area contributed by atoms with Crippen LogP contribution in [0.1, 0.15) is 46.1 Å². The number of carbonyl (C=O) groups is 1. The summed E-state index contributed by atoms with van der Waals surface area (Å²) >= 11 is 4.88. The number of ketones is 1. The summed E-state index contributed by atoms with van der Waals surface area (Å²) in [5.74, 6) is -0.163. The van der Waals surface area contributed by atoms with E-state index in [-0.39, 0.29) is 17.9 Å². The van der Waals surface area contributed by atoms with Crippen LogP contribution >= 0.6 is 27.3 Å². The number of carbonyl (C=O) groups excluding carboxylic acids is 1. The maximum atomic E-state index is 13.7. The van der Waals surface area contributed by atoms with Crippen molar-refractivity contribution in [3.63, 3.8) is 0 Å². The quantitative estimate of drug-likeness (QED) is 0.334. The SMILES string of the molecule is CCc1ccc(-n2c(=O)c3c4c(sc3n(CC(=O)c3ccc(Br)cc3)c2=O)CCCC4)cc1. The van der Waals surface area contributed by atoms with Gasteiger partial charge < -0.3 is 0 Å². The summed E-state index contributed by atoms with van der Waals surface area (Å²) in [6.07, 6.45) is 4.72. The standard InChI is InChI=1S/C26H23BrN2O3S/c1-2-16-7-13-19(14-8-16)29-24(31)23-20-5-3-4-6-22(20)33-25(23)28(26(29)32)15-21(30)17-9-11-18(27)12-10-17/h7-14H,2-6,15H2,1H3. The van der Waals surface area contributed by atoms with Gasteiger partial charge in [-0.15, -0.1) is 11.3 Å². The van der Waals surface area contributed by atoms with Crippen molar-refractivity contribution in [3.8, 4) is 5.69 Å². The second-order valence-electron chi connectivity index (χ2n) is 8.35. The molecule has 33 heavy (non-hydrogen) atoms. The Labute approximate surface area is 203 Å². The van der Waals surface area contributed by atoms with Crippen LogP contribution in [0.2, 0.25) is 0 Å². The van der Waals surface area contributed by atoms with E-state index in [1.54, 1.807) is 12.1 Å². The Balaban J connectivity index is 1.73. The summed E-state index contributed by atoms with van der Waals surface area (Å²) in [4.78, 5) is 42.2. The summed E-state index contributed by atoms with van der Waals surface area (Å²) in [6.45, 7) is 1.95. The van der Waals surface area contributed by atoms with Crippen LogP contribution < -0.4 is 11.2 Å². The zero-order valence-corrected chi connectivity index (χ0v) is 20.7. The number of fused-ring (bicyclic) bond motifs is 3. The molecule has 2 aromatic heterocycles. The van der Waals surface area contributed by atoms with Crippen LogP contribution in [0.4, 0.5) is 0 Å². The lowest BCUT2D eigenvalue weighted by Crippen LogP contribution is -2.40. The van der Waals surface area contributed by atoms with Crippen LogP contribution in [0.25, 0.3) is 15.9 Å². The molecule has 1 aliphatic rings. The van der Waals surface area contributed by atoms with Gasteiger partial charge in [0.25, 0.3) is 5.56 Å². The van der Waals surface area contributed by atoms with E-state index in [2.05, 4.69) is 22.9 Å². The highest BCUT2D eigenvalue weighted by Gasteiger charge is 2.25. The molecule has 0 amide bonds. The van der Waals surface area contributed by atoms with Gasteiger partial charge in [0.15, 0.2) is 5.78 Å². The second-order valence-corrected chi connectivity index (χ2v) is 10.3. The average Bonchev–Trinajstić information content (AvgIpc) is 3.22. The molecule has 0 radical (unpaired) electrons. The van der Waals surface area contributed by atoms with Crippen LogP contribution in [0.5, 0.6) is 0 Å². The Bertz CT molecular complexity index is 1480. The Morgan fingerprint density at radius 1 is 1.00 bits per heavy atom. The number of aromatic nitrogens is 2. The monoisotopic (exact) mass is 522 g/mol. The van der Waals surface area contributed by atoms with Crippen molar-refractivity contribution < 1.29 is 4.79 Å². The van der Waals surface area contributed by atoms with Gasteiger partial charge in [0.1, 0.15) is 4.83 Å². The molecule has 0 fully saturated rings. The molecule has 7 heteroatoms. The number of aryl methyl sites for hydroxylation is 3. The fourth-order valence-corrected chi connectivity index (χ4v) is 6.12. The molecule has 5 rings (SSSR count). The van der Waals surface area contributed by atoms with E-state index in [0.29, 0.717) is 21.5 Å². The fourth-order valence-electron chi connectivity index (χ4n) is 4.49. The topological polar surface area (TPSA) is 61.1 Å². The molecule has 0 saturated heterocycles. The smallest absolute Gasteiger partial charge is 0.292 e. The van der Waals surface area contributed by atoms with Gasteiger partial charge in [0.05, 0.1) is 17.6 Å². The number of Topliss-reactive ketones (excluding diaryl/α,β-unsaturated/α-hetero) is 1. The van der Waals surface area contributed by atoms with Gasteiger partial charge in [-0.25, -0.2) is 9.36 Å². The molecule has 168 valence electrons. The fraction of sp³-hybridized carbons (Fsp3) is 0.269. The van der Waals surface area contributed by atoms with Crippen molar-refractivity contribution >= 4 is 43.3 Å². The third-order valence-corrected chi connectivity index (χ3v) is 8.15. The second kappa shape index (κ2) is 8.88. The third-order valence-electron chi connectivity index (χ3n) is 6.31. The first-order valence-corrected chi connectivity index (χ1v) is 12.8. The molecule has 0 N–H and O–H groups in total. The van der Waals surface area contributed by atoms with Gasteiger partial charge in [-0.2, -0.15) is 0 Å². The van der Waals surface area contributed by atoms with E-state index in [4.69, 9.17) is 0 Å². The van der Waals surface area contributed by atoms with Gasteiger partial charge in [0, 0.05) is 14.9 Å². The molecular weight excluding hydrogens is 500 g/mol. The summed E-state index contributed by atoms with van der Waals surface area (Å²) in [5, 5.41) is 0.595. The van der Waals surface area contributed by atoms with Gasteiger partial charge in [-0.3, -0.25) is 14.2 Å². The first kappa shape index (κ1) is 22.0. The number of hydrogen-bond acceptors (Lipinski definition) is 4. The molecule has 5 nitrogen and oxygen atoms in total. The zero-order valence-electron chi connectivity index (χ0n) is 18.3. The minimum absolute atomic E-state index is 0.107. The van der Waals surface area contributed by atoms with Gasteiger partial charge in [-0.05, 0) is 67.5 Å². The number of nitrogens with zero attached hydrogens (tertiary/aromatic N) is 2. The largest absolute Gasteiger partial charge is 0.337 e. The molecule has 0 spiro atoms. The summed E-state index contributed by atoms with van der Waals surface area (Å²) in [6, 6.07) is 14.6. The molecule has 0 atom stereocenters. The van der Waals surface area contributed by atoms with Gasteiger partial charge >= 0.3 is 5.69 Å². The molecular formula is C26H23BrN2O3S. The first-order chi connectivity index (χ1) is 16.0. The lowest BCUT2D eigenvalue weighted by molar-refractivity contribution is 0.0971. The minimum atomic E-state index is -0.471. The molecule has 0 aliphatic heterocycles. The van der Waals surface area contributed by atoms with Gasteiger partial charge in [0.2, 0.25) is 0 Å². The van der Waals surface area contributed by atoms with Crippen LogP contribution in [0.3, 0.4) is 0 Å². The highest BCUT2D eigenvalue weighted by Crippen LogP contribution is 2.34. The van der Waals surface area contributed by atoms with Crippen LogP contribution in [0, 0.1) is 0 Å². The highest BCUT2D eigenvalue weighted by molar-refractivity contribution is 9.10. The maximum absolute atomic E-state index is 13.7. The maximum Gasteiger partial charge on any atom is 0.337 e. The first-order valence-electron chi connectivity index (χ1n) is 11.2. The highest BCUT2D eigenvalue weighted by atomic mass is 79.9. The third kappa shape index (κ3) is 3.93. The van der Waals surface area contributed by atoms with Gasteiger partial charge in [-0.1, -0.05) is 47.1 Å². The number of hydrogen-bond donors (Lipinski definition) is 0. The lowest BCUT2D eigenvalue weighted by Gasteiger charge is -2.13. The summed E-state index contributed by atoms with van der Waals surface area (Å²) < 4.78 is 3.62. The molecule has 1 aliphatic carbocycles. The van der Waals surface area contributed by atoms with Crippen LogP contribution in [-0.4, -0.2) is 14.9 Å². The Hall–Kier alpha value is -2.77. The Morgan fingerprint density at radius 3 is 2.39 bits per heavy atom. The average molecular weight is 523 g/mol. The van der Waals surface area contributed by atoms with Crippen LogP contribution in [0.15, 0.2) is 62.6 Å². The molecule has 0 saturated carbocycles. The van der Waals surface area contributed by atoms with E-state index in [1.807, 2.05) is 36.4 Å². The number of thiophene rings is 1. The zero-order chi connectivity index (χ0) is 23.1. The molecule has 4 aromatic rings. The minimum Gasteiger partial charge on any atom is -0.292 e. The molecule has 2 heterocycles. The molecule has 0 unspecified atom stereocenters.